The van der Waals surface area contributed by atoms with Crippen LogP contribution in [0.3, 0.4) is 0 Å². The number of rotatable bonds is 3. The highest BCUT2D eigenvalue weighted by Gasteiger charge is 2.32. The Morgan fingerprint density at radius 3 is 2.62 bits per heavy atom. The van der Waals surface area contributed by atoms with E-state index in [4.69, 9.17) is 0 Å². The maximum Gasteiger partial charge on any atom is 0.259 e. The van der Waals surface area contributed by atoms with Crippen molar-refractivity contribution in [2.75, 3.05) is 38.5 Å². The zero-order chi connectivity index (χ0) is 20.5. The fourth-order valence-corrected chi connectivity index (χ4v) is 5.45. The molecular formula is C22H26FN3O2S. The van der Waals surface area contributed by atoms with Crippen LogP contribution in [0.2, 0.25) is 0 Å². The van der Waals surface area contributed by atoms with Gasteiger partial charge in [0.1, 0.15) is 10.8 Å². The molecule has 2 aliphatic rings. The third-order valence-electron chi connectivity index (χ3n) is 5.86. The molecule has 5 nitrogen and oxygen atoms in total. The van der Waals surface area contributed by atoms with Gasteiger partial charge in [0.2, 0.25) is 0 Å². The topological polar surface area (TPSA) is 52.7 Å². The molecule has 1 aliphatic heterocycles. The van der Waals surface area contributed by atoms with E-state index in [-0.39, 0.29) is 11.5 Å². The molecule has 2 heterocycles. The Morgan fingerprint density at radius 2 is 1.90 bits per heavy atom. The van der Waals surface area contributed by atoms with Gasteiger partial charge in [-0.25, -0.2) is 4.39 Å². The summed E-state index contributed by atoms with van der Waals surface area (Å²) in [5.74, 6) is -0.536. The number of piperazine rings is 1. The van der Waals surface area contributed by atoms with Gasteiger partial charge in [-0.05, 0) is 49.9 Å². The molecule has 0 spiro atoms. The normalized spacial score (nSPS) is 19.7. The number of fused-ring (bicyclic) bond motifs is 1. The van der Waals surface area contributed by atoms with Gasteiger partial charge in [0.05, 0.1) is 11.1 Å². The molecule has 2 aromatic rings. The van der Waals surface area contributed by atoms with Gasteiger partial charge in [0.15, 0.2) is 0 Å². The number of amides is 2. The van der Waals surface area contributed by atoms with E-state index < -0.39 is 11.7 Å². The standard InChI is InChI=1S/C22H26FN3O2S/c1-14-7-8-16-18(13-14)29-21(24-20(27)15-5-3-4-6-17(15)23)19(16)22(28)26-11-9-25(2)10-12-26/h3-6,14H,7-13H2,1-2H3,(H,24,27)/t14-/m0/s1. The molecule has 154 valence electrons. The zero-order valence-corrected chi connectivity index (χ0v) is 17.7. The smallest absolute Gasteiger partial charge is 0.259 e. The summed E-state index contributed by atoms with van der Waals surface area (Å²) in [4.78, 5) is 31.4. The summed E-state index contributed by atoms with van der Waals surface area (Å²) < 4.78 is 14.1. The molecule has 1 aromatic heterocycles. The summed E-state index contributed by atoms with van der Waals surface area (Å²) in [5.41, 5.74) is 1.68. The minimum Gasteiger partial charge on any atom is -0.336 e. The van der Waals surface area contributed by atoms with Crippen molar-refractivity contribution in [3.63, 3.8) is 0 Å². The molecule has 1 N–H and O–H groups in total. The molecule has 7 heteroatoms. The molecule has 0 bridgehead atoms. The highest BCUT2D eigenvalue weighted by molar-refractivity contribution is 7.17. The second-order valence-electron chi connectivity index (χ2n) is 8.09. The van der Waals surface area contributed by atoms with Crippen molar-refractivity contribution in [1.82, 2.24) is 9.80 Å². The molecule has 1 atom stereocenters. The number of thiophene rings is 1. The summed E-state index contributed by atoms with van der Waals surface area (Å²) in [6, 6.07) is 5.92. The highest BCUT2D eigenvalue weighted by atomic mass is 32.1. The molecule has 0 saturated carbocycles. The lowest BCUT2D eigenvalue weighted by Crippen LogP contribution is -2.47. The molecule has 4 rings (SSSR count). The van der Waals surface area contributed by atoms with Gasteiger partial charge in [0.25, 0.3) is 11.8 Å². The van der Waals surface area contributed by atoms with Crippen molar-refractivity contribution in [2.45, 2.75) is 26.2 Å². The first-order chi connectivity index (χ1) is 13.9. The summed E-state index contributed by atoms with van der Waals surface area (Å²) in [6.07, 6.45) is 2.80. The Bertz CT molecular complexity index is 934. The predicted molar refractivity (Wildman–Crippen MR) is 113 cm³/mol. The van der Waals surface area contributed by atoms with Gasteiger partial charge in [-0.2, -0.15) is 0 Å². The molecule has 0 unspecified atom stereocenters. The number of nitrogens with one attached hydrogen (secondary N) is 1. The van der Waals surface area contributed by atoms with Crippen LogP contribution in [0.1, 0.15) is 44.5 Å². The van der Waals surface area contributed by atoms with Gasteiger partial charge in [-0.15, -0.1) is 11.3 Å². The Kier molecular flexibility index (Phi) is 5.69. The van der Waals surface area contributed by atoms with Crippen LogP contribution < -0.4 is 5.32 Å². The molecule has 1 aliphatic carbocycles. The second-order valence-corrected chi connectivity index (χ2v) is 9.19. The predicted octanol–water partition coefficient (Wildman–Crippen LogP) is 3.65. The minimum absolute atomic E-state index is 0.00904. The van der Waals surface area contributed by atoms with Crippen LogP contribution in [0.4, 0.5) is 9.39 Å². The Hall–Kier alpha value is -2.25. The van der Waals surface area contributed by atoms with Crippen LogP contribution in [0, 0.1) is 11.7 Å². The van der Waals surface area contributed by atoms with E-state index in [0.717, 1.165) is 37.9 Å². The van der Waals surface area contributed by atoms with E-state index in [2.05, 4.69) is 24.2 Å². The second kappa shape index (κ2) is 8.24. The van der Waals surface area contributed by atoms with Gasteiger partial charge in [-0.3, -0.25) is 9.59 Å². The van der Waals surface area contributed by atoms with E-state index in [1.54, 1.807) is 12.1 Å². The lowest BCUT2D eigenvalue weighted by atomic mass is 9.88. The van der Waals surface area contributed by atoms with Gasteiger partial charge >= 0.3 is 0 Å². The quantitative estimate of drug-likeness (QED) is 0.833. The number of nitrogens with zero attached hydrogens (tertiary/aromatic N) is 2. The average Bonchev–Trinajstić information content (AvgIpc) is 3.05. The third-order valence-corrected chi connectivity index (χ3v) is 7.03. The van der Waals surface area contributed by atoms with Crippen LogP contribution in [-0.4, -0.2) is 54.8 Å². The third kappa shape index (κ3) is 4.07. The number of carbonyl (C=O) groups is 2. The first kappa shape index (κ1) is 20.0. The molecule has 0 radical (unpaired) electrons. The van der Waals surface area contributed by atoms with Gasteiger partial charge in [0, 0.05) is 31.1 Å². The first-order valence-corrected chi connectivity index (χ1v) is 10.9. The van der Waals surface area contributed by atoms with E-state index in [9.17, 15) is 14.0 Å². The van der Waals surface area contributed by atoms with E-state index in [0.29, 0.717) is 29.6 Å². The summed E-state index contributed by atoms with van der Waals surface area (Å²) >= 11 is 1.48. The Labute approximate surface area is 174 Å². The maximum atomic E-state index is 14.1. The number of halogens is 1. The van der Waals surface area contributed by atoms with Crippen molar-refractivity contribution >= 4 is 28.2 Å². The fraction of sp³-hybridized carbons (Fsp3) is 0.455. The number of hydrogen-bond acceptors (Lipinski definition) is 4. The van der Waals surface area contributed by atoms with E-state index >= 15 is 0 Å². The van der Waals surface area contributed by atoms with Crippen LogP contribution in [0.15, 0.2) is 24.3 Å². The van der Waals surface area contributed by atoms with Crippen molar-refractivity contribution in [3.8, 4) is 0 Å². The average molecular weight is 416 g/mol. The first-order valence-electron chi connectivity index (χ1n) is 10.1. The lowest BCUT2D eigenvalue weighted by molar-refractivity contribution is 0.0664. The SMILES string of the molecule is C[C@H]1CCc2c(sc(NC(=O)c3ccccc3F)c2C(=O)N2CCN(C)CC2)C1. The molecule has 1 saturated heterocycles. The summed E-state index contributed by atoms with van der Waals surface area (Å²) in [6.45, 7) is 5.24. The number of anilines is 1. The van der Waals surface area contributed by atoms with Crippen LogP contribution >= 0.6 is 11.3 Å². The van der Waals surface area contributed by atoms with E-state index in [1.165, 1.54) is 28.3 Å². The Morgan fingerprint density at radius 1 is 1.17 bits per heavy atom. The summed E-state index contributed by atoms with van der Waals surface area (Å²) in [5, 5.41) is 3.41. The molecule has 1 fully saturated rings. The van der Waals surface area contributed by atoms with Crippen LogP contribution in [-0.2, 0) is 12.8 Å². The molecule has 2 amide bonds. The fourth-order valence-electron chi connectivity index (χ4n) is 4.05. The van der Waals surface area contributed by atoms with Crippen molar-refractivity contribution in [2.24, 2.45) is 5.92 Å². The number of benzene rings is 1. The van der Waals surface area contributed by atoms with Crippen LogP contribution in [0.5, 0.6) is 0 Å². The number of carbonyl (C=O) groups excluding carboxylic acids is 2. The van der Waals surface area contributed by atoms with Gasteiger partial charge < -0.3 is 15.1 Å². The van der Waals surface area contributed by atoms with Gasteiger partial charge in [-0.1, -0.05) is 19.1 Å². The largest absolute Gasteiger partial charge is 0.336 e. The lowest BCUT2D eigenvalue weighted by Gasteiger charge is -2.33. The minimum atomic E-state index is -0.563. The number of hydrogen-bond donors (Lipinski definition) is 1. The number of likely N-dealkylation sites (N-methyl/N-ethyl adjacent to an activating group) is 1. The van der Waals surface area contributed by atoms with Crippen LogP contribution in [0.25, 0.3) is 0 Å². The molecule has 1 aromatic carbocycles. The Balaban J connectivity index is 1.67. The zero-order valence-electron chi connectivity index (χ0n) is 16.8. The van der Waals surface area contributed by atoms with Crippen molar-refractivity contribution in [3.05, 3.63) is 51.7 Å². The molecule has 29 heavy (non-hydrogen) atoms. The van der Waals surface area contributed by atoms with E-state index in [1.807, 2.05) is 4.90 Å². The summed E-state index contributed by atoms with van der Waals surface area (Å²) in [7, 11) is 2.05. The maximum absolute atomic E-state index is 14.1. The van der Waals surface area contributed by atoms with Crippen molar-refractivity contribution < 1.29 is 14.0 Å². The monoisotopic (exact) mass is 415 g/mol. The molecular weight excluding hydrogens is 389 g/mol. The highest BCUT2D eigenvalue weighted by Crippen LogP contribution is 2.40. The van der Waals surface area contributed by atoms with Crippen molar-refractivity contribution in [1.29, 1.82) is 0 Å².